The zero-order valence-corrected chi connectivity index (χ0v) is 7.41. The van der Waals surface area contributed by atoms with Gasteiger partial charge in [0.05, 0.1) is 0 Å². The summed E-state index contributed by atoms with van der Waals surface area (Å²) < 4.78 is 0. The SMILES string of the molecule is Cc1ccc(C(C)CO)c(O)c1. The zero-order chi connectivity index (χ0) is 9.14. The molecular formula is C10H14O2. The van der Waals surface area contributed by atoms with E-state index in [9.17, 15) is 5.11 Å². The first-order valence-corrected chi connectivity index (χ1v) is 4.05. The van der Waals surface area contributed by atoms with Gasteiger partial charge in [-0.1, -0.05) is 19.1 Å². The van der Waals surface area contributed by atoms with Crippen LogP contribution in [0.2, 0.25) is 0 Å². The van der Waals surface area contributed by atoms with Crippen molar-refractivity contribution in [1.82, 2.24) is 0 Å². The number of aliphatic hydroxyl groups is 1. The fourth-order valence-corrected chi connectivity index (χ4v) is 1.17. The van der Waals surface area contributed by atoms with Gasteiger partial charge in [0, 0.05) is 12.5 Å². The maximum absolute atomic E-state index is 9.48. The highest BCUT2D eigenvalue weighted by molar-refractivity contribution is 5.38. The summed E-state index contributed by atoms with van der Waals surface area (Å²) in [4.78, 5) is 0. The molecule has 12 heavy (non-hydrogen) atoms. The van der Waals surface area contributed by atoms with Gasteiger partial charge in [0.25, 0.3) is 0 Å². The van der Waals surface area contributed by atoms with Crippen molar-refractivity contribution < 1.29 is 10.2 Å². The standard InChI is InChI=1S/C10H14O2/c1-7-3-4-9(8(2)6-11)10(12)5-7/h3-5,8,11-12H,6H2,1-2H3. The number of hydrogen-bond acceptors (Lipinski definition) is 2. The summed E-state index contributed by atoms with van der Waals surface area (Å²) in [6, 6.07) is 5.49. The predicted octanol–water partition coefficient (Wildman–Crippen LogP) is 1.80. The van der Waals surface area contributed by atoms with Crippen molar-refractivity contribution in [3.05, 3.63) is 29.3 Å². The minimum Gasteiger partial charge on any atom is -0.508 e. The lowest BCUT2D eigenvalue weighted by molar-refractivity contribution is 0.270. The number of phenolic OH excluding ortho intramolecular Hbond substituents is 1. The first-order valence-electron chi connectivity index (χ1n) is 4.05. The number of benzene rings is 1. The largest absolute Gasteiger partial charge is 0.508 e. The van der Waals surface area contributed by atoms with Crippen LogP contribution in [0.15, 0.2) is 18.2 Å². The lowest BCUT2D eigenvalue weighted by Crippen LogP contribution is -1.98. The van der Waals surface area contributed by atoms with E-state index < -0.39 is 0 Å². The van der Waals surface area contributed by atoms with E-state index in [-0.39, 0.29) is 18.3 Å². The Balaban J connectivity index is 3.01. The molecule has 1 atom stereocenters. The summed E-state index contributed by atoms with van der Waals surface area (Å²) in [5.74, 6) is 0.280. The van der Waals surface area contributed by atoms with Gasteiger partial charge >= 0.3 is 0 Å². The number of rotatable bonds is 2. The van der Waals surface area contributed by atoms with Crippen molar-refractivity contribution in [1.29, 1.82) is 0 Å². The average Bonchev–Trinajstić information content (AvgIpc) is 2.03. The van der Waals surface area contributed by atoms with Crippen molar-refractivity contribution >= 4 is 0 Å². The van der Waals surface area contributed by atoms with Gasteiger partial charge < -0.3 is 10.2 Å². The van der Waals surface area contributed by atoms with Gasteiger partial charge in [-0.2, -0.15) is 0 Å². The molecule has 0 aliphatic rings. The second-order valence-electron chi connectivity index (χ2n) is 3.15. The first kappa shape index (κ1) is 9.07. The normalized spacial score (nSPS) is 12.9. The van der Waals surface area contributed by atoms with E-state index in [4.69, 9.17) is 5.11 Å². The lowest BCUT2D eigenvalue weighted by atomic mass is 10.00. The fraction of sp³-hybridized carbons (Fsp3) is 0.400. The third-order valence-electron chi connectivity index (χ3n) is 1.99. The molecule has 0 radical (unpaired) electrons. The van der Waals surface area contributed by atoms with E-state index in [0.717, 1.165) is 11.1 Å². The van der Waals surface area contributed by atoms with Crippen LogP contribution in [0, 0.1) is 6.92 Å². The number of hydrogen-bond donors (Lipinski definition) is 2. The molecule has 1 aromatic carbocycles. The molecule has 0 spiro atoms. The lowest BCUT2D eigenvalue weighted by Gasteiger charge is -2.10. The average molecular weight is 166 g/mol. The van der Waals surface area contributed by atoms with Crippen LogP contribution in [-0.2, 0) is 0 Å². The second-order valence-corrected chi connectivity index (χ2v) is 3.15. The number of phenols is 1. The molecule has 1 unspecified atom stereocenters. The van der Waals surface area contributed by atoms with Crippen LogP contribution >= 0.6 is 0 Å². The van der Waals surface area contributed by atoms with Gasteiger partial charge in [0.15, 0.2) is 0 Å². The number of aryl methyl sites for hydroxylation is 1. The molecule has 2 N–H and O–H groups in total. The number of aromatic hydroxyl groups is 1. The van der Waals surface area contributed by atoms with Gasteiger partial charge in [-0.25, -0.2) is 0 Å². The Morgan fingerprint density at radius 3 is 2.58 bits per heavy atom. The monoisotopic (exact) mass is 166 g/mol. The Labute approximate surface area is 72.5 Å². The van der Waals surface area contributed by atoms with Gasteiger partial charge in [-0.05, 0) is 24.1 Å². The Morgan fingerprint density at radius 2 is 2.08 bits per heavy atom. The van der Waals surface area contributed by atoms with Crippen LogP contribution in [0.3, 0.4) is 0 Å². The number of aliphatic hydroxyl groups excluding tert-OH is 1. The Hall–Kier alpha value is -1.02. The quantitative estimate of drug-likeness (QED) is 0.703. The highest BCUT2D eigenvalue weighted by Gasteiger charge is 2.08. The minimum absolute atomic E-state index is 0.00519. The first-order chi connectivity index (χ1) is 5.65. The summed E-state index contributed by atoms with van der Waals surface area (Å²) in [7, 11) is 0. The summed E-state index contributed by atoms with van der Waals surface area (Å²) in [5, 5.41) is 18.4. The third-order valence-corrected chi connectivity index (χ3v) is 1.99. The third kappa shape index (κ3) is 1.77. The van der Waals surface area contributed by atoms with Gasteiger partial charge in [-0.15, -0.1) is 0 Å². The second kappa shape index (κ2) is 3.59. The van der Waals surface area contributed by atoms with Crippen LogP contribution in [0.5, 0.6) is 5.75 Å². The highest BCUT2D eigenvalue weighted by atomic mass is 16.3. The van der Waals surface area contributed by atoms with Crippen LogP contribution in [0.25, 0.3) is 0 Å². The van der Waals surface area contributed by atoms with Crippen LogP contribution in [0.1, 0.15) is 24.0 Å². The molecule has 2 nitrogen and oxygen atoms in total. The van der Waals surface area contributed by atoms with Crippen LogP contribution in [-0.4, -0.2) is 16.8 Å². The van der Waals surface area contributed by atoms with Gasteiger partial charge in [0.2, 0.25) is 0 Å². The molecule has 0 saturated carbocycles. The summed E-state index contributed by atoms with van der Waals surface area (Å²) in [5.41, 5.74) is 1.84. The maximum atomic E-state index is 9.48. The topological polar surface area (TPSA) is 40.5 Å². The van der Waals surface area contributed by atoms with Crippen molar-refractivity contribution in [3.8, 4) is 5.75 Å². The van der Waals surface area contributed by atoms with E-state index in [1.54, 1.807) is 6.07 Å². The Kier molecular flexibility index (Phi) is 2.71. The Bertz CT molecular complexity index is 269. The molecule has 66 valence electrons. The van der Waals surface area contributed by atoms with Gasteiger partial charge in [0.1, 0.15) is 5.75 Å². The predicted molar refractivity (Wildman–Crippen MR) is 48.3 cm³/mol. The Morgan fingerprint density at radius 1 is 1.42 bits per heavy atom. The summed E-state index contributed by atoms with van der Waals surface area (Å²) >= 11 is 0. The van der Waals surface area contributed by atoms with E-state index in [2.05, 4.69) is 0 Å². The molecule has 0 heterocycles. The summed E-state index contributed by atoms with van der Waals surface area (Å²) in [6.07, 6.45) is 0. The molecule has 0 saturated heterocycles. The molecule has 0 aliphatic carbocycles. The fourth-order valence-electron chi connectivity index (χ4n) is 1.17. The molecule has 0 fully saturated rings. The molecule has 0 bridgehead atoms. The highest BCUT2D eigenvalue weighted by Crippen LogP contribution is 2.25. The van der Waals surface area contributed by atoms with Crippen LogP contribution < -0.4 is 0 Å². The van der Waals surface area contributed by atoms with Crippen molar-refractivity contribution in [2.75, 3.05) is 6.61 Å². The zero-order valence-electron chi connectivity index (χ0n) is 7.41. The molecule has 0 aromatic heterocycles. The van der Waals surface area contributed by atoms with Crippen molar-refractivity contribution in [3.63, 3.8) is 0 Å². The van der Waals surface area contributed by atoms with Crippen molar-refractivity contribution in [2.45, 2.75) is 19.8 Å². The molecule has 1 rings (SSSR count). The molecule has 2 heteroatoms. The maximum Gasteiger partial charge on any atom is 0.119 e. The van der Waals surface area contributed by atoms with E-state index in [1.807, 2.05) is 26.0 Å². The smallest absolute Gasteiger partial charge is 0.119 e. The molecular weight excluding hydrogens is 152 g/mol. The van der Waals surface area contributed by atoms with Gasteiger partial charge in [-0.3, -0.25) is 0 Å². The van der Waals surface area contributed by atoms with Crippen molar-refractivity contribution in [2.24, 2.45) is 0 Å². The molecule has 0 aliphatic heterocycles. The van der Waals surface area contributed by atoms with Crippen LogP contribution in [0.4, 0.5) is 0 Å². The van der Waals surface area contributed by atoms with E-state index in [1.165, 1.54) is 0 Å². The van der Waals surface area contributed by atoms with E-state index in [0.29, 0.717) is 0 Å². The summed E-state index contributed by atoms with van der Waals surface area (Å²) in [6.45, 7) is 3.87. The molecule has 0 amide bonds. The molecule has 1 aromatic rings. The minimum atomic E-state index is 0.00519. The van der Waals surface area contributed by atoms with E-state index >= 15 is 0 Å².